The molecule has 1 aromatic carbocycles. The zero-order valence-electron chi connectivity index (χ0n) is 13.2. The van der Waals surface area contributed by atoms with Crippen molar-refractivity contribution in [2.45, 2.75) is 12.6 Å². The summed E-state index contributed by atoms with van der Waals surface area (Å²) in [6.45, 7) is 2.76. The Morgan fingerprint density at radius 3 is 2.46 bits per heavy atom. The first-order valence-corrected chi connectivity index (χ1v) is 8.03. The van der Waals surface area contributed by atoms with E-state index in [-0.39, 0.29) is 6.10 Å². The van der Waals surface area contributed by atoms with Crippen molar-refractivity contribution in [2.75, 3.05) is 13.1 Å². The van der Waals surface area contributed by atoms with Crippen LogP contribution >= 0.6 is 0 Å². The van der Waals surface area contributed by atoms with Crippen LogP contribution < -0.4 is 4.74 Å². The summed E-state index contributed by atoms with van der Waals surface area (Å²) < 4.78 is 6.07. The van der Waals surface area contributed by atoms with Gasteiger partial charge < -0.3 is 4.74 Å². The molecular weight excluding hydrogens is 300 g/mol. The van der Waals surface area contributed by atoms with Gasteiger partial charge in [0.2, 0.25) is 5.88 Å². The van der Waals surface area contributed by atoms with E-state index in [4.69, 9.17) is 4.74 Å². The van der Waals surface area contributed by atoms with Crippen LogP contribution in [0.25, 0.3) is 11.3 Å². The highest BCUT2D eigenvalue weighted by Crippen LogP contribution is 2.27. The van der Waals surface area contributed by atoms with Gasteiger partial charge in [-0.3, -0.25) is 9.88 Å². The average Bonchev–Trinajstić information content (AvgIpc) is 2.62. The molecule has 0 spiro atoms. The van der Waals surface area contributed by atoms with Gasteiger partial charge in [0.1, 0.15) is 11.8 Å². The summed E-state index contributed by atoms with van der Waals surface area (Å²) in [5.74, 6) is 0.591. The van der Waals surface area contributed by atoms with Gasteiger partial charge >= 0.3 is 0 Å². The van der Waals surface area contributed by atoms with Crippen LogP contribution in [0.2, 0.25) is 0 Å². The maximum Gasteiger partial charge on any atom is 0.240 e. The zero-order chi connectivity index (χ0) is 16.2. The van der Waals surface area contributed by atoms with Crippen molar-refractivity contribution in [1.29, 1.82) is 0 Å². The number of likely N-dealkylation sites (tertiary alicyclic amines) is 1. The van der Waals surface area contributed by atoms with Crippen LogP contribution in [0.1, 0.15) is 5.56 Å². The Kier molecular flexibility index (Phi) is 4.16. The van der Waals surface area contributed by atoms with Crippen LogP contribution in [0.4, 0.5) is 0 Å². The van der Waals surface area contributed by atoms with Gasteiger partial charge in [-0.05, 0) is 17.7 Å². The third-order valence-corrected chi connectivity index (χ3v) is 4.07. The highest BCUT2D eigenvalue weighted by atomic mass is 16.5. The van der Waals surface area contributed by atoms with Crippen LogP contribution in [0, 0.1) is 0 Å². The van der Waals surface area contributed by atoms with Crippen molar-refractivity contribution < 1.29 is 4.74 Å². The Morgan fingerprint density at radius 2 is 1.67 bits per heavy atom. The average molecular weight is 318 g/mol. The molecule has 1 fully saturated rings. The summed E-state index contributed by atoms with van der Waals surface area (Å²) in [5.41, 5.74) is 3.06. The molecular formula is C19H18N4O. The molecule has 5 heteroatoms. The maximum atomic E-state index is 6.07. The second-order valence-corrected chi connectivity index (χ2v) is 5.87. The molecule has 0 amide bonds. The number of aromatic nitrogens is 3. The lowest BCUT2D eigenvalue weighted by molar-refractivity contribution is 0.0120. The van der Waals surface area contributed by atoms with Crippen LogP contribution in [0.5, 0.6) is 5.88 Å². The SMILES string of the molecule is c1ccc(CN2CC(Oc3nccnc3-c3ccncc3)C2)cc1. The standard InChI is InChI=1S/C19H18N4O/c1-2-4-15(5-3-1)12-23-13-17(14-23)24-19-18(21-10-11-22-19)16-6-8-20-9-7-16/h1-11,17H,12-14H2. The minimum atomic E-state index is 0.158. The molecule has 2 aromatic heterocycles. The first-order valence-electron chi connectivity index (χ1n) is 8.03. The molecule has 0 saturated carbocycles. The topological polar surface area (TPSA) is 51.1 Å². The van der Waals surface area contributed by atoms with Gasteiger partial charge in [0, 0.05) is 50.0 Å². The van der Waals surface area contributed by atoms with Gasteiger partial charge in [0.15, 0.2) is 0 Å². The van der Waals surface area contributed by atoms with Crippen molar-refractivity contribution in [3.8, 4) is 17.1 Å². The summed E-state index contributed by atoms with van der Waals surface area (Å²) in [6, 6.07) is 14.3. The highest BCUT2D eigenvalue weighted by Gasteiger charge is 2.29. The van der Waals surface area contributed by atoms with E-state index in [0.717, 1.165) is 30.9 Å². The van der Waals surface area contributed by atoms with Crippen molar-refractivity contribution in [1.82, 2.24) is 19.9 Å². The first kappa shape index (κ1) is 14.8. The third-order valence-electron chi connectivity index (χ3n) is 4.07. The molecule has 0 N–H and O–H groups in total. The molecule has 1 saturated heterocycles. The Balaban J connectivity index is 1.39. The predicted octanol–water partition coefficient (Wildman–Crippen LogP) is 2.80. The first-order chi connectivity index (χ1) is 11.9. The van der Waals surface area contributed by atoms with Crippen molar-refractivity contribution in [3.63, 3.8) is 0 Å². The lowest BCUT2D eigenvalue weighted by Crippen LogP contribution is -2.53. The maximum absolute atomic E-state index is 6.07. The predicted molar refractivity (Wildman–Crippen MR) is 91.4 cm³/mol. The number of pyridine rings is 1. The van der Waals surface area contributed by atoms with Crippen molar-refractivity contribution in [3.05, 3.63) is 72.8 Å². The highest BCUT2D eigenvalue weighted by molar-refractivity contribution is 5.63. The molecule has 0 aliphatic carbocycles. The van der Waals surface area contributed by atoms with E-state index in [1.54, 1.807) is 24.8 Å². The number of rotatable bonds is 5. The van der Waals surface area contributed by atoms with Crippen LogP contribution in [0.15, 0.2) is 67.3 Å². The van der Waals surface area contributed by atoms with Crippen molar-refractivity contribution in [2.24, 2.45) is 0 Å². The zero-order valence-corrected chi connectivity index (χ0v) is 13.2. The van der Waals surface area contributed by atoms with E-state index in [0.29, 0.717) is 5.88 Å². The van der Waals surface area contributed by atoms with Gasteiger partial charge in [-0.1, -0.05) is 30.3 Å². The van der Waals surface area contributed by atoms with Gasteiger partial charge in [-0.25, -0.2) is 9.97 Å². The molecule has 0 atom stereocenters. The fraction of sp³-hybridized carbons (Fsp3) is 0.211. The Morgan fingerprint density at radius 1 is 0.917 bits per heavy atom. The summed E-state index contributed by atoms with van der Waals surface area (Å²) >= 11 is 0. The third kappa shape index (κ3) is 3.26. The number of nitrogens with zero attached hydrogens (tertiary/aromatic N) is 4. The van der Waals surface area contributed by atoms with Crippen LogP contribution in [-0.4, -0.2) is 39.0 Å². The van der Waals surface area contributed by atoms with E-state index in [1.807, 2.05) is 18.2 Å². The molecule has 0 bridgehead atoms. The fourth-order valence-corrected chi connectivity index (χ4v) is 2.84. The van der Waals surface area contributed by atoms with E-state index in [2.05, 4.69) is 44.1 Å². The van der Waals surface area contributed by atoms with Crippen LogP contribution in [-0.2, 0) is 6.54 Å². The van der Waals surface area contributed by atoms with Crippen LogP contribution in [0.3, 0.4) is 0 Å². The lowest BCUT2D eigenvalue weighted by Gasteiger charge is -2.38. The minimum absolute atomic E-state index is 0.158. The second kappa shape index (κ2) is 6.76. The van der Waals surface area contributed by atoms with E-state index >= 15 is 0 Å². The van der Waals surface area contributed by atoms with E-state index in [1.165, 1.54) is 5.56 Å². The molecule has 5 nitrogen and oxygen atoms in total. The van der Waals surface area contributed by atoms with Crippen molar-refractivity contribution >= 4 is 0 Å². The van der Waals surface area contributed by atoms with E-state index in [9.17, 15) is 0 Å². The molecule has 0 radical (unpaired) electrons. The Hall–Kier alpha value is -2.79. The number of hydrogen-bond donors (Lipinski definition) is 0. The quantitative estimate of drug-likeness (QED) is 0.724. The van der Waals surface area contributed by atoms with Gasteiger partial charge in [0.05, 0.1) is 0 Å². The monoisotopic (exact) mass is 318 g/mol. The second-order valence-electron chi connectivity index (χ2n) is 5.87. The molecule has 120 valence electrons. The molecule has 0 unspecified atom stereocenters. The molecule has 1 aliphatic rings. The molecule has 4 rings (SSSR count). The van der Waals surface area contributed by atoms with E-state index < -0.39 is 0 Å². The summed E-state index contributed by atoms with van der Waals surface area (Å²) in [4.78, 5) is 15.2. The minimum Gasteiger partial charge on any atom is -0.470 e. The molecule has 3 heterocycles. The summed E-state index contributed by atoms with van der Waals surface area (Å²) in [6.07, 6.45) is 7.01. The molecule has 3 aromatic rings. The Labute approximate surface area is 141 Å². The fourth-order valence-electron chi connectivity index (χ4n) is 2.84. The molecule has 1 aliphatic heterocycles. The van der Waals surface area contributed by atoms with Gasteiger partial charge in [-0.2, -0.15) is 0 Å². The number of ether oxygens (including phenoxy) is 1. The Bertz CT molecular complexity index is 789. The molecule has 24 heavy (non-hydrogen) atoms. The van der Waals surface area contributed by atoms with Gasteiger partial charge in [-0.15, -0.1) is 0 Å². The lowest BCUT2D eigenvalue weighted by atomic mass is 10.1. The largest absolute Gasteiger partial charge is 0.470 e. The normalized spacial score (nSPS) is 15.0. The summed E-state index contributed by atoms with van der Waals surface area (Å²) in [7, 11) is 0. The smallest absolute Gasteiger partial charge is 0.240 e. The summed E-state index contributed by atoms with van der Waals surface area (Å²) in [5, 5.41) is 0. The van der Waals surface area contributed by atoms with Gasteiger partial charge in [0.25, 0.3) is 0 Å². The number of hydrogen-bond acceptors (Lipinski definition) is 5. The number of benzene rings is 1.